The van der Waals surface area contributed by atoms with Gasteiger partial charge in [-0.1, -0.05) is 6.07 Å². The number of aliphatic hydroxyl groups is 1. The predicted molar refractivity (Wildman–Crippen MR) is 74.3 cm³/mol. The van der Waals surface area contributed by atoms with Gasteiger partial charge in [0.1, 0.15) is 0 Å². The molecule has 0 spiro atoms. The van der Waals surface area contributed by atoms with E-state index in [0.29, 0.717) is 5.58 Å². The van der Waals surface area contributed by atoms with Gasteiger partial charge in [-0.25, -0.2) is 4.79 Å². The highest BCUT2D eigenvalue weighted by Crippen LogP contribution is 2.14. The number of aromatic nitrogens is 1. The minimum absolute atomic E-state index is 0.0995. The van der Waals surface area contributed by atoms with E-state index in [1.54, 1.807) is 7.05 Å². The van der Waals surface area contributed by atoms with Crippen LogP contribution < -0.4 is 11.1 Å². The van der Waals surface area contributed by atoms with E-state index in [4.69, 9.17) is 9.52 Å². The molecule has 0 amide bonds. The summed E-state index contributed by atoms with van der Waals surface area (Å²) < 4.78 is 6.59. The van der Waals surface area contributed by atoms with Crippen LogP contribution in [0.25, 0.3) is 11.1 Å². The molecule has 19 heavy (non-hydrogen) atoms. The van der Waals surface area contributed by atoms with E-state index in [9.17, 15) is 4.79 Å². The van der Waals surface area contributed by atoms with Gasteiger partial charge in [0.05, 0.1) is 12.1 Å². The van der Waals surface area contributed by atoms with E-state index >= 15 is 0 Å². The Morgan fingerprint density at radius 3 is 2.84 bits per heavy atom. The van der Waals surface area contributed by atoms with Gasteiger partial charge in [-0.05, 0) is 44.5 Å². The fourth-order valence-corrected chi connectivity index (χ4v) is 1.93. The summed E-state index contributed by atoms with van der Waals surface area (Å²) in [6.07, 6.45) is 0.832. The highest BCUT2D eigenvalue weighted by atomic mass is 16.4. The molecule has 104 valence electrons. The molecule has 0 bridgehead atoms. The zero-order valence-corrected chi connectivity index (χ0v) is 11.6. The summed E-state index contributed by atoms with van der Waals surface area (Å²) in [5.41, 5.74) is 2.28. The van der Waals surface area contributed by atoms with Crippen molar-refractivity contribution in [2.75, 3.05) is 13.2 Å². The Labute approximate surface area is 111 Å². The Bertz CT molecular complexity index is 625. The monoisotopic (exact) mass is 264 g/mol. The average molecular weight is 264 g/mol. The number of fused-ring (bicyclic) bond motifs is 1. The van der Waals surface area contributed by atoms with Crippen molar-refractivity contribution in [3.8, 4) is 0 Å². The number of aliphatic hydroxyl groups excluding tert-OH is 1. The minimum Gasteiger partial charge on any atom is -0.408 e. The van der Waals surface area contributed by atoms with Crippen LogP contribution in [0.1, 0.15) is 19.4 Å². The molecular weight excluding hydrogens is 244 g/mol. The Kier molecular flexibility index (Phi) is 3.78. The molecule has 5 nitrogen and oxygen atoms in total. The number of rotatable bonds is 5. The number of nitrogens with one attached hydrogen (secondary N) is 1. The first-order chi connectivity index (χ1) is 8.93. The highest BCUT2D eigenvalue weighted by molar-refractivity contribution is 5.73. The molecule has 0 unspecified atom stereocenters. The second-order valence-corrected chi connectivity index (χ2v) is 5.45. The number of hydrogen-bond donors (Lipinski definition) is 2. The van der Waals surface area contributed by atoms with Crippen LogP contribution in [-0.2, 0) is 13.5 Å². The lowest BCUT2D eigenvalue weighted by molar-refractivity contribution is 0.189. The number of nitrogens with zero attached hydrogens (tertiary/aromatic N) is 1. The van der Waals surface area contributed by atoms with Gasteiger partial charge in [-0.2, -0.15) is 0 Å². The van der Waals surface area contributed by atoms with Gasteiger partial charge in [-0.15, -0.1) is 0 Å². The number of hydrogen-bond acceptors (Lipinski definition) is 4. The topological polar surface area (TPSA) is 67.4 Å². The third kappa shape index (κ3) is 3.05. The zero-order valence-electron chi connectivity index (χ0n) is 11.6. The van der Waals surface area contributed by atoms with Crippen molar-refractivity contribution in [1.82, 2.24) is 9.88 Å². The maximum absolute atomic E-state index is 11.4. The Morgan fingerprint density at radius 1 is 1.42 bits per heavy atom. The molecule has 0 aliphatic rings. The van der Waals surface area contributed by atoms with Crippen molar-refractivity contribution in [2.45, 2.75) is 25.8 Å². The van der Waals surface area contributed by atoms with E-state index in [0.717, 1.165) is 24.0 Å². The van der Waals surface area contributed by atoms with Crippen LogP contribution in [0.5, 0.6) is 0 Å². The molecule has 2 aromatic rings. The van der Waals surface area contributed by atoms with Crippen molar-refractivity contribution in [3.05, 3.63) is 34.3 Å². The molecule has 0 radical (unpaired) electrons. The fraction of sp³-hybridized carbons (Fsp3) is 0.500. The van der Waals surface area contributed by atoms with Gasteiger partial charge in [0, 0.05) is 12.6 Å². The van der Waals surface area contributed by atoms with Crippen LogP contribution in [-0.4, -0.2) is 28.4 Å². The molecule has 0 saturated carbocycles. The van der Waals surface area contributed by atoms with E-state index in [1.165, 1.54) is 4.57 Å². The maximum Gasteiger partial charge on any atom is 0.419 e. The first-order valence-electron chi connectivity index (χ1n) is 6.37. The average Bonchev–Trinajstić information content (AvgIpc) is 2.65. The fourth-order valence-electron chi connectivity index (χ4n) is 1.93. The summed E-state index contributed by atoms with van der Waals surface area (Å²) in [6, 6.07) is 5.75. The summed E-state index contributed by atoms with van der Waals surface area (Å²) >= 11 is 0. The smallest absolute Gasteiger partial charge is 0.408 e. The van der Waals surface area contributed by atoms with Crippen molar-refractivity contribution < 1.29 is 9.52 Å². The molecule has 2 rings (SSSR count). The van der Waals surface area contributed by atoms with Gasteiger partial charge >= 0.3 is 5.76 Å². The molecular formula is C14H20N2O3. The van der Waals surface area contributed by atoms with Crippen LogP contribution in [0.4, 0.5) is 0 Å². The molecule has 0 saturated heterocycles. The quantitative estimate of drug-likeness (QED) is 0.846. The normalized spacial score (nSPS) is 12.2. The van der Waals surface area contributed by atoms with Gasteiger partial charge in [0.2, 0.25) is 0 Å². The first kappa shape index (κ1) is 13.8. The summed E-state index contributed by atoms with van der Waals surface area (Å²) in [6.45, 7) is 4.78. The summed E-state index contributed by atoms with van der Waals surface area (Å²) in [7, 11) is 1.70. The number of oxazole rings is 1. The predicted octanol–water partition coefficient (Wildman–Crippen LogP) is 1.03. The van der Waals surface area contributed by atoms with Crippen LogP contribution in [0, 0.1) is 0 Å². The molecule has 1 aromatic heterocycles. The molecule has 1 aromatic carbocycles. The molecule has 0 aliphatic carbocycles. The Balaban J connectivity index is 2.10. The highest BCUT2D eigenvalue weighted by Gasteiger charge is 2.14. The number of aryl methyl sites for hydroxylation is 1. The molecule has 0 aliphatic heterocycles. The Morgan fingerprint density at radius 2 is 2.16 bits per heavy atom. The van der Waals surface area contributed by atoms with E-state index in [1.807, 2.05) is 32.0 Å². The SMILES string of the molecule is Cn1c(=O)oc2ccc(CCNC(C)(C)CO)cc21. The minimum atomic E-state index is -0.341. The molecule has 0 fully saturated rings. The van der Waals surface area contributed by atoms with Crippen molar-refractivity contribution in [3.63, 3.8) is 0 Å². The third-order valence-electron chi connectivity index (χ3n) is 3.27. The van der Waals surface area contributed by atoms with Crippen molar-refractivity contribution >= 4 is 11.1 Å². The van der Waals surface area contributed by atoms with Gasteiger partial charge < -0.3 is 14.8 Å². The second-order valence-electron chi connectivity index (χ2n) is 5.45. The second kappa shape index (κ2) is 5.19. The zero-order chi connectivity index (χ0) is 14.0. The first-order valence-corrected chi connectivity index (χ1v) is 6.37. The number of benzene rings is 1. The Hall–Kier alpha value is -1.59. The lowest BCUT2D eigenvalue weighted by Gasteiger charge is -2.23. The molecule has 0 atom stereocenters. The lowest BCUT2D eigenvalue weighted by atomic mass is 10.1. The van der Waals surface area contributed by atoms with Gasteiger partial charge in [0.25, 0.3) is 0 Å². The van der Waals surface area contributed by atoms with Gasteiger partial charge in [-0.3, -0.25) is 4.57 Å². The summed E-state index contributed by atoms with van der Waals surface area (Å²) in [5, 5.41) is 12.4. The van der Waals surface area contributed by atoms with Crippen LogP contribution >= 0.6 is 0 Å². The van der Waals surface area contributed by atoms with E-state index < -0.39 is 0 Å². The van der Waals surface area contributed by atoms with Gasteiger partial charge in [0.15, 0.2) is 5.58 Å². The van der Waals surface area contributed by atoms with Crippen molar-refractivity contribution in [2.24, 2.45) is 7.05 Å². The third-order valence-corrected chi connectivity index (χ3v) is 3.27. The van der Waals surface area contributed by atoms with Crippen LogP contribution in [0.3, 0.4) is 0 Å². The molecule has 5 heteroatoms. The van der Waals surface area contributed by atoms with Crippen LogP contribution in [0.15, 0.2) is 27.4 Å². The van der Waals surface area contributed by atoms with E-state index in [-0.39, 0.29) is 17.9 Å². The molecule has 1 heterocycles. The largest absolute Gasteiger partial charge is 0.419 e. The summed E-state index contributed by atoms with van der Waals surface area (Å²) in [4.78, 5) is 11.4. The molecule has 2 N–H and O–H groups in total. The maximum atomic E-state index is 11.4. The summed E-state index contributed by atoms with van der Waals surface area (Å²) in [5.74, 6) is -0.341. The van der Waals surface area contributed by atoms with Crippen LogP contribution in [0.2, 0.25) is 0 Å². The van der Waals surface area contributed by atoms with Crippen molar-refractivity contribution in [1.29, 1.82) is 0 Å². The lowest BCUT2D eigenvalue weighted by Crippen LogP contribution is -2.43. The standard InChI is InChI=1S/C14H20N2O3/c1-14(2,9-17)15-7-6-10-4-5-12-11(8-10)16(3)13(18)19-12/h4-5,8,15,17H,6-7,9H2,1-3H3. The van der Waals surface area contributed by atoms with E-state index in [2.05, 4.69) is 5.32 Å².